The SMILES string of the molecule is CC(O)c1csc(NC(=O)CCC(C)(C)C)n1. The summed E-state index contributed by atoms with van der Waals surface area (Å²) in [5.74, 6) is -0.0218. The molecule has 4 nitrogen and oxygen atoms in total. The molecule has 0 aliphatic heterocycles. The lowest BCUT2D eigenvalue weighted by atomic mass is 9.90. The van der Waals surface area contributed by atoms with Gasteiger partial charge >= 0.3 is 0 Å². The van der Waals surface area contributed by atoms with E-state index in [0.717, 1.165) is 6.42 Å². The molecule has 0 aromatic carbocycles. The highest BCUT2D eigenvalue weighted by atomic mass is 32.1. The number of aliphatic hydroxyl groups is 1. The minimum absolute atomic E-state index is 0.0218. The van der Waals surface area contributed by atoms with E-state index < -0.39 is 6.10 Å². The van der Waals surface area contributed by atoms with Crippen molar-refractivity contribution in [3.63, 3.8) is 0 Å². The number of thiazole rings is 1. The highest BCUT2D eigenvalue weighted by molar-refractivity contribution is 7.13. The summed E-state index contributed by atoms with van der Waals surface area (Å²) < 4.78 is 0. The van der Waals surface area contributed by atoms with Gasteiger partial charge in [0.25, 0.3) is 0 Å². The first-order valence-electron chi connectivity index (χ1n) is 5.71. The first-order valence-corrected chi connectivity index (χ1v) is 6.59. The van der Waals surface area contributed by atoms with E-state index in [1.54, 1.807) is 12.3 Å². The van der Waals surface area contributed by atoms with Crippen LogP contribution < -0.4 is 5.32 Å². The molecule has 5 heteroatoms. The van der Waals surface area contributed by atoms with E-state index in [4.69, 9.17) is 0 Å². The van der Waals surface area contributed by atoms with E-state index in [1.807, 2.05) is 0 Å². The van der Waals surface area contributed by atoms with Crippen molar-refractivity contribution in [1.82, 2.24) is 4.98 Å². The topological polar surface area (TPSA) is 62.2 Å². The Morgan fingerprint density at radius 3 is 2.71 bits per heavy atom. The molecule has 1 aromatic heterocycles. The maximum Gasteiger partial charge on any atom is 0.226 e. The number of hydrogen-bond donors (Lipinski definition) is 2. The largest absolute Gasteiger partial charge is 0.387 e. The molecule has 0 aliphatic carbocycles. The van der Waals surface area contributed by atoms with Crippen LogP contribution in [0.1, 0.15) is 52.3 Å². The van der Waals surface area contributed by atoms with Crippen LogP contribution in [0.25, 0.3) is 0 Å². The van der Waals surface area contributed by atoms with Crippen molar-refractivity contribution >= 4 is 22.4 Å². The molecule has 0 saturated heterocycles. The van der Waals surface area contributed by atoms with Crippen LogP contribution in [0.5, 0.6) is 0 Å². The number of rotatable bonds is 4. The Balaban J connectivity index is 2.45. The molecule has 1 amide bonds. The molecule has 0 radical (unpaired) electrons. The molecular formula is C12H20N2O2S. The van der Waals surface area contributed by atoms with Crippen molar-refractivity contribution in [1.29, 1.82) is 0 Å². The third-order valence-corrected chi connectivity index (χ3v) is 3.07. The highest BCUT2D eigenvalue weighted by Gasteiger charge is 2.14. The van der Waals surface area contributed by atoms with Gasteiger partial charge in [0.15, 0.2) is 5.13 Å². The van der Waals surface area contributed by atoms with Crippen LogP contribution in [0.3, 0.4) is 0 Å². The normalized spacial score (nSPS) is 13.5. The Kier molecular flexibility index (Phi) is 4.65. The Hall–Kier alpha value is -0.940. The van der Waals surface area contributed by atoms with Crippen molar-refractivity contribution in [2.45, 2.75) is 46.6 Å². The lowest BCUT2D eigenvalue weighted by molar-refractivity contribution is -0.116. The van der Waals surface area contributed by atoms with Gasteiger partial charge in [0.05, 0.1) is 11.8 Å². The summed E-state index contributed by atoms with van der Waals surface area (Å²) in [7, 11) is 0. The average molecular weight is 256 g/mol. The standard InChI is InChI=1S/C12H20N2O2S/c1-8(15)9-7-17-11(13-9)14-10(16)5-6-12(2,3)4/h7-8,15H,5-6H2,1-4H3,(H,13,14,16). The van der Waals surface area contributed by atoms with E-state index in [2.05, 4.69) is 31.1 Å². The lowest BCUT2D eigenvalue weighted by Gasteiger charge is -2.16. The van der Waals surface area contributed by atoms with E-state index in [9.17, 15) is 9.90 Å². The first kappa shape index (κ1) is 14.1. The second-order valence-electron chi connectivity index (χ2n) is 5.36. The zero-order valence-electron chi connectivity index (χ0n) is 10.8. The number of aliphatic hydroxyl groups excluding tert-OH is 1. The number of amides is 1. The van der Waals surface area contributed by atoms with Gasteiger partial charge in [-0.05, 0) is 18.8 Å². The molecule has 2 N–H and O–H groups in total. The van der Waals surface area contributed by atoms with E-state index in [-0.39, 0.29) is 11.3 Å². The van der Waals surface area contributed by atoms with Gasteiger partial charge < -0.3 is 10.4 Å². The molecule has 96 valence electrons. The molecule has 17 heavy (non-hydrogen) atoms. The van der Waals surface area contributed by atoms with Gasteiger partial charge in [-0.2, -0.15) is 0 Å². The van der Waals surface area contributed by atoms with Gasteiger partial charge in [-0.3, -0.25) is 4.79 Å². The van der Waals surface area contributed by atoms with Crippen LogP contribution in [0.15, 0.2) is 5.38 Å². The number of anilines is 1. The quantitative estimate of drug-likeness (QED) is 0.870. The number of carbonyl (C=O) groups is 1. The minimum Gasteiger partial charge on any atom is -0.387 e. The van der Waals surface area contributed by atoms with Crippen molar-refractivity contribution in [2.24, 2.45) is 5.41 Å². The van der Waals surface area contributed by atoms with Crippen LogP contribution >= 0.6 is 11.3 Å². The summed E-state index contributed by atoms with van der Waals surface area (Å²) in [6, 6.07) is 0. The molecule has 1 rings (SSSR count). The summed E-state index contributed by atoms with van der Waals surface area (Å²) in [6.45, 7) is 7.97. The second kappa shape index (κ2) is 5.60. The van der Waals surface area contributed by atoms with Gasteiger partial charge in [0.1, 0.15) is 0 Å². The Labute approximate surface area is 106 Å². The molecule has 1 aromatic rings. The summed E-state index contributed by atoms with van der Waals surface area (Å²) >= 11 is 1.34. The molecule has 1 unspecified atom stereocenters. The monoisotopic (exact) mass is 256 g/mol. The maximum atomic E-state index is 11.6. The lowest BCUT2D eigenvalue weighted by Crippen LogP contribution is -2.15. The fourth-order valence-corrected chi connectivity index (χ4v) is 2.02. The summed E-state index contributed by atoms with van der Waals surface area (Å²) in [4.78, 5) is 15.8. The number of nitrogens with one attached hydrogen (secondary N) is 1. The Morgan fingerprint density at radius 2 is 2.24 bits per heavy atom. The third-order valence-electron chi connectivity index (χ3n) is 2.30. The average Bonchev–Trinajstić information content (AvgIpc) is 2.62. The fourth-order valence-electron chi connectivity index (χ4n) is 1.21. The molecule has 0 aliphatic rings. The van der Waals surface area contributed by atoms with Crippen LogP contribution in [0.4, 0.5) is 5.13 Å². The van der Waals surface area contributed by atoms with Crippen molar-refractivity contribution in [3.05, 3.63) is 11.1 Å². The second-order valence-corrected chi connectivity index (χ2v) is 6.22. The highest BCUT2D eigenvalue weighted by Crippen LogP contribution is 2.23. The third kappa shape index (κ3) is 5.28. The number of nitrogens with zero attached hydrogens (tertiary/aromatic N) is 1. The Morgan fingerprint density at radius 1 is 1.59 bits per heavy atom. The van der Waals surface area contributed by atoms with Crippen molar-refractivity contribution in [2.75, 3.05) is 5.32 Å². The smallest absolute Gasteiger partial charge is 0.226 e. The van der Waals surface area contributed by atoms with E-state index >= 15 is 0 Å². The van der Waals surface area contributed by atoms with Gasteiger partial charge in [0.2, 0.25) is 5.91 Å². The Bertz CT molecular complexity index is 380. The van der Waals surface area contributed by atoms with Gasteiger partial charge in [-0.1, -0.05) is 20.8 Å². The summed E-state index contributed by atoms with van der Waals surface area (Å²) in [6.07, 6.45) is 0.743. The molecule has 0 spiro atoms. The van der Waals surface area contributed by atoms with Crippen LogP contribution in [-0.4, -0.2) is 16.0 Å². The van der Waals surface area contributed by atoms with Crippen molar-refractivity contribution in [3.8, 4) is 0 Å². The van der Waals surface area contributed by atoms with E-state index in [1.165, 1.54) is 11.3 Å². The molecule has 0 bridgehead atoms. The minimum atomic E-state index is -0.591. The zero-order chi connectivity index (χ0) is 13.1. The molecule has 1 heterocycles. The van der Waals surface area contributed by atoms with Gasteiger partial charge in [-0.25, -0.2) is 4.98 Å². The van der Waals surface area contributed by atoms with Crippen LogP contribution in [-0.2, 0) is 4.79 Å². The van der Waals surface area contributed by atoms with E-state index in [0.29, 0.717) is 17.2 Å². The van der Waals surface area contributed by atoms with Gasteiger partial charge in [-0.15, -0.1) is 11.3 Å². The van der Waals surface area contributed by atoms with Crippen molar-refractivity contribution < 1.29 is 9.90 Å². The summed E-state index contributed by atoms with van der Waals surface area (Å²) in [5.41, 5.74) is 0.756. The molecular weight excluding hydrogens is 236 g/mol. The summed E-state index contributed by atoms with van der Waals surface area (Å²) in [5, 5.41) is 14.4. The first-order chi connectivity index (χ1) is 7.78. The number of hydrogen-bond acceptors (Lipinski definition) is 4. The predicted molar refractivity (Wildman–Crippen MR) is 70.1 cm³/mol. The zero-order valence-corrected chi connectivity index (χ0v) is 11.6. The maximum absolute atomic E-state index is 11.6. The molecule has 0 saturated carbocycles. The van der Waals surface area contributed by atoms with Gasteiger partial charge in [0, 0.05) is 11.8 Å². The number of carbonyl (C=O) groups excluding carboxylic acids is 1. The van der Waals surface area contributed by atoms with Crippen LogP contribution in [0.2, 0.25) is 0 Å². The number of aromatic nitrogens is 1. The molecule has 0 fully saturated rings. The molecule has 1 atom stereocenters. The van der Waals surface area contributed by atoms with Crippen LogP contribution in [0, 0.1) is 5.41 Å². The fraction of sp³-hybridized carbons (Fsp3) is 0.667. The predicted octanol–water partition coefficient (Wildman–Crippen LogP) is 2.96.